The highest BCUT2D eigenvalue weighted by Gasteiger charge is 2.09. The normalized spacial score (nSPS) is 12.4. The van der Waals surface area contributed by atoms with Gasteiger partial charge in [0.2, 0.25) is 0 Å². The molecule has 0 saturated carbocycles. The van der Waals surface area contributed by atoms with Crippen LogP contribution in [0, 0.1) is 0 Å². The van der Waals surface area contributed by atoms with Gasteiger partial charge in [0.15, 0.2) is 0 Å². The maximum absolute atomic E-state index is 5.98. The molecule has 1 aromatic carbocycles. The summed E-state index contributed by atoms with van der Waals surface area (Å²) in [6.07, 6.45) is 2.14. The molecular formula is C12H15ClN4O. The molecule has 1 heterocycles. The van der Waals surface area contributed by atoms with Crippen molar-refractivity contribution in [3.63, 3.8) is 0 Å². The Balaban J connectivity index is 1.85. The quantitative estimate of drug-likeness (QED) is 0.889. The molecule has 0 fully saturated rings. The van der Waals surface area contributed by atoms with Gasteiger partial charge in [0, 0.05) is 24.5 Å². The zero-order chi connectivity index (χ0) is 13.0. The van der Waals surface area contributed by atoms with Crippen molar-refractivity contribution >= 4 is 11.6 Å². The van der Waals surface area contributed by atoms with Gasteiger partial charge in [-0.3, -0.25) is 4.68 Å². The van der Waals surface area contributed by atoms with Crippen LogP contribution in [0.25, 0.3) is 0 Å². The van der Waals surface area contributed by atoms with E-state index in [1.54, 1.807) is 16.8 Å². The van der Waals surface area contributed by atoms with Gasteiger partial charge in [0.05, 0.1) is 0 Å². The topological polar surface area (TPSA) is 66.0 Å². The Bertz CT molecular complexity index is 514. The Morgan fingerprint density at radius 2 is 2.33 bits per heavy atom. The van der Waals surface area contributed by atoms with Crippen LogP contribution in [0.15, 0.2) is 30.6 Å². The monoisotopic (exact) mass is 266 g/mol. The van der Waals surface area contributed by atoms with Crippen LogP contribution in [0.5, 0.6) is 5.75 Å². The standard InChI is InChI=1S/C12H15ClN4O/c1-17-12(15-8-16-17)6-10(14)7-18-11-4-2-3-9(13)5-11/h2-5,8,10H,6-7,14H2,1H3. The lowest BCUT2D eigenvalue weighted by atomic mass is 10.2. The van der Waals surface area contributed by atoms with Gasteiger partial charge in [-0.05, 0) is 18.2 Å². The van der Waals surface area contributed by atoms with Gasteiger partial charge < -0.3 is 10.5 Å². The number of aromatic nitrogens is 3. The number of hydrogen-bond acceptors (Lipinski definition) is 4. The number of ether oxygens (including phenoxy) is 1. The van der Waals surface area contributed by atoms with Crippen molar-refractivity contribution in [3.8, 4) is 5.75 Å². The number of nitrogens with zero attached hydrogens (tertiary/aromatic N) is 3. The van der Waals surface area contributed by atoms with Gasteiger partial charge in [0.25, 0.3) is 0 Å². The Morgan fingerprint density at radius 1 is 1.50 bits per heavy atom. The highest BCUT2D eigenvalue weighted by molar-refractivity contribution is 6.30. The van der Waals surface area contributed by atoms with Crippen molar-refractivity contribution in [3.05, 3.63) is 41.4 Å². The smallest absolute Gasteiger partial charge is 0.138 e. The second-order valence-corrected chi connectivity index (χ2v) is 4.47. The number of rotatable bonds is 5. The third kappa shape index (κ3) is 3.45. The summed E-state index contributed by atoms with van der Waals surface area (Å²) >= 11 is 5.86. The fraction of sp³-hybridized carbons (Fsp3) is 0.333. The molecule has 6 heteroatoms. The van der Waals surface area contributed by atoms with E-state index in [1.165, 1.54) is 6.33 Å². The van der Waals surface area contributed by atoms with Crippen molar-refractivity contribution in [2.75, 3.05) is 6.61 Å². The van der Waals surface area contributed by atoms with Gasteiger partial charge in [-0.25, -0.2) is 4.98 Å². The minimum absolute atomic E-state index is 0.133. The minimum atomic E-state index is -0.133. The lowest BCUT2D eigenvalue weighted by Gasteiger charge is -2.12. The van der Waals surface area contributed by atoms with E-state index in [1.807, 2.05) is 19.2 Å². The highest BCUT2D eigenvalue weighted by Crippen LogP contribution is 2.17. The third-order valence-corrected chi connectivity index (χ3v) is 2.75. The van der Waals surface area contributed by atoms with Crippen LogP contribution in [0.3, 0.4) is 0 Å². The van der Waals surface area contributed by atoms with E-state index in [-0.39, 0.29) is 6.04 Å². The first-order valence-corrected chi connectivity index (χ1v) is 6.00. The van der Waals surface area contributed by atoms with Crippen LogP contribution in [-0.2, 0) is 13.5 Å². The summed E-state index contributed by atoms with van der Waals surface area (Å²) in [5, 5.41) is 4.64. The number of benzene rings is 1. The van der Waals surface area contributed by atoms with E-state index in [9.17, 15) is 0 Å². The molecule has 2 N–H and O–H groups in total. The van der Waals surface area contributed by atoms with Crippen LogP contribution in [-0.4, -0.2) is 27.4 Å². The second-order valence-electron chi connectivity index (χ2n) is 4.03. The van der Waals surface area contributed by atoms with Crippen LogP contribution in [0.4, 0.5) is 0 Å². The molecule has 1 aromatic heterocycles. The maximum Gasteiger partial charge on any atom is 0.138 e. The SMILES string of the molecule is Cn1ncnc1CC(N)COc1cccc(Cl)c1. The van der Waals surface area contributed by atoms with E-state index in [2.05, 4.69) is 10.1 Å². The first kappa shape index (κ1) is 12.9. The molecule has 0 amide bonds. The van der Waals surface area contributed by atoms with Crippen LogP contribution in [0.2, 0.25) is 5.02 Å². The van der Waals surface area contributed by atoms with Gasteiger partial charge in [-0.1, -0.05) is 17.7 Å². The van der Waals surface area contributed by atoms with Crippen molar-refractivity contribution in [1.82, 2.24) is 14.8 Å². The molecule has 18 heavy (non-hydrogen) atoms. The molecule has 0 aliphatic rings. The van der Waals surface area contributed by atoms with E-state index in [0.717, 1.165) is 11.6 Å². The average molecular weight is 267 g/mol. The number of hydrogen-bond donors (Lipinski definition) is 1. The zero-order valence-electron chi connectivity index (χ0n) is 10.1. The number of aryl methyl sites for hydroxylation is 1. The van der Waals surface area contributed by atoms with Gasteiger partial charge in [-0.15, -0.1) is 0 Å². The van der Waals surface area contributed by atoms with Crippen molar-refractivity contribution in [2.24, 2.45) is 12.8 Å². The second kappa shape index (κ2) is 5.84. The maximum atomic E-state index is 5.98. The fourth-order valence-corrected chi connectivity index (χ4v) is 1.74. The summed E-state index contributed by atoms with van der Waals surface area (Å²) in [4.78, 5) is 4.12. The van der Waals surface area contributed by atoms with Gasteiger partial charge >= 0.3 is 0 Å². The molecule has 0 aliphatic heterocycles. The molecule has 1 unspecified atom stereocenters. The third-order valence-electron chi connectivity index (χ3n) is 2.51. The molecule has 0 radical (unpaired) electrons. The first-order valence-electron chi connectivity index (χ1n) is 5.62. The molecule has 2 rings (SSSR count). The Labute approximate surface area is 111 Å². The number of halogens is 1. The molecule has 2 aromatic rings. The summed E-state index contributed by atoms with van der Waals surface area (Å²) in [5.41, 5.74) is 5.98. The largest absolute Gasteiger partial charge is 0.492 e. The lowest BCUT2D eigenvalue weighted by molar-refractivity contribution is 0.285. The average Bonchev–Trinajstić information content (AvgIpc) is 2.73. The van der Waals surface area contributed by atoms with E-state index in [4.69, 9.17) is 22.1 Å². The van der Waals surface area contributed by atoms with Crippen LogP contribution >= 0.6 is 11.6 Å². The summed E-state index contributed by atoms with van der Waals surface area (Å²) in [6.45, 7) is 0.410. The van der Waals surface area contributed by atoms with E-state index >= 15 is 0 Å². The van der Waals surface area contributed by atoms with E-state index < -0.39 is 0 Å². The zero-order valence-corrected chi connectivity index (χ0v) is 10.8. The van der Waals surface area contributed by atoms with E-state index in [0.29, 0.717) is 18.1 Å². The predicted octanol–water partition coefficient (Wildman–Crippen LogP) is 1.42. The summed E-state index contributed by atoms with van der Waals surface area (Å²) in [7, 11) is 1.84. The molecular weight excluding hydrogens is 252 g/mol. The molecule has 0 spiro atoms. The number of nitrogens with two attached hydrogens (primary N) is 1. The predicted molar refractivity (Wildman–Crippen MR) is 69.6 cm³/mol. The molecule has 0 saturated heterocycles. The molecule has 0 aliphatic carbocycles. The fourth-order valence-electron chi connectivity index (χ4n) is 1.56. The summed E-state index contributed by atoms with van der Waals surface area (Å²) in [5.74, 6) is 1.56. The molecule has 0 bridgehead atoms. The Morgan fingerprint density at radius 3 is 3.00 bits per heavy atom. The van der Waals surface area contributed by atoms with Gasteiger partial charge in [0.1, 0.15) is 24.5 Å². The van der Waals surface area contributed by atoms with Crippen molar-refractivity contribution in [1.29, 1.82) is 0 Å². The summed E-state index contributed by atoms with van der Waals surface area (Å²) < 4.78 is 7.28. The van der Waals surface area contributed by atoms with Crippen LogP contribution < -0.4 is 10.5 Å². The highest BCUT2D eigenvalue weighted by atomic mass is 35.5. The van der Waals surface area contributed by atoms with Crippen molar-refractivity contribution in [2.45, 2.75) is 12.5 Å². The molecule has 5 nitrogen and oxygen atoms in total. The first-order chi connectivity index (χ1) is 8.65. The molecule has 96 valence electrons. The minimum Gasteiger partial charge on any atom is -0.492 e. The molecule has 1 atom stereocenters. The Hall–Kier alpha value is -1.59. The van der Waals surface area contributed by atoms with Crippen molar-refractivity contribution < 1.29 is 4.74 Å². The van der Waals surface area contributed by atoms with Crippen LogP contribution in [0.1, 0.15) is 5.82 Å². The lowest BCUT2D eigenvalue weighted by Crippen LogP contribution is -2.31. The summed E-state index contributed by atoms with van der Waals surface area (Å²) in [6, 6.07) is 7.11. The van der Waals surface area contributed by atoms with Gasteiger partial charge in [-0.2, -0.15) is 5.10 Å². The Kier molecular flexibility index (Phi) is 4.17.